The van der Waals surface area contributed by atoms with Gasteiger partial charge in [0.05, 0.1) is 0 Å². The van der Waals surface area contributed by atoms with Gasteiger partial charge in [-0.3, -0.25) is 4.79 Å². The molecule has 0 radical (unpaired) electrons. The van der Waals surface area contributed by atoms with E-state index in [9.17, 15) is 9.90 Å². The van der Waals surface area contributed by atoms with Crippen LogP contribution in [0.1, 0.15) is 36.8 Å². The van der Waals surface area contributed by atoms with Gasteiger partial charge < -0.3 is 24.8 Å². The molecule has 4 aliphatic rings. The van der Waals surface area contributed by atoms with Crippen molar-refractivity contribution in [1.82, 2.24) is 10.2 Å². The molecule has 1 amide bonds. The lowest BCUT2D eigenvalue weighted by atomic mass is 9.79. The highest BCUT2D eigenvalue weighted by Crippen LogP contribution is 2.47. The number of piperidine rings is 1. The lowest BCUT2D eigenvalue weighted by Crippen LogP contribution is -2.51. The second kappa shape index (κ2) is 8.33. The molecule has 6 nitrogen and oxygen atoms in total. The van der Waals surface area contributed by atoms with Gasteiger partial charge in [0.25, 0.3) is 5.91 Å². The van der Waals surface area contributed by atoms with Gasteiger partial charge in [-0.1, -0.05) is 49.2 Å². The van der Waals surface area contributed by atoms with Crippen molar-refractivity contribution in [3.05, 3.63) is 59.7 Å². The molecule has 2 heterocycles. The Labute approximate surface area is 194 Å². The van der Waals surface area contributed by atoms with Gasteiger partial charge in [-0.2, -0.15) is 0 Å². The number of rotatable bonds is 7. The molecule has 2 saturated carbocycles. The van der Waals surface area contributed by atoms with Gasteiger partial charge in [0.15, 0.2) is 17.1 Å². The Morgan fingerprint density at radius 1 is 1.03 bits per heavy atom. The summed E-state index contributed by atoms with van der Waals surface area (Å²) < 4.78 is 10.9. The lowest BCUT2D eigenvalue weighted by molar-refractivity contribution is -0.147. The summed E-state index contributed by atoms with van der Waals surface area (Å²) in [5.74, 6) is 2.45. The van der Waals surface area contributed by atoms with Crippen LogP contribution in [0.2, 0.25) is 0 Å². The third kappa shape index (κ3) is 3.79. The number of hydrogen-bond donors (Lipinski definition) is 2. The van der Waals surface area contributed by atoms with Crippen LogP contribution in [0.25, 0.3) is 0 Å². The van der Waals surface area contributed by atoms with Gasteiger partial charge >= 0.3 is 0 Å². The van der Waals surface area contributed by atoms with Crippen molar-refractivity contribution in [3.8, 4) is 11.5 Å². The van der Waals surface area contributed by atoms with Gasteiger partial charge in [-0.15, -0.1) is 0 Å². The lowest BCUT2D eigenvalue weighted by Gasteiger charge is -2.33. The minimum Gasteiger partial charge on any atom is -0.454 e. The summed E-state index contributed by atoms with van der Waals surface area (Å²) in [6.07, 6.45) is 4.96. The molecule has 2 aliphatic carbocycles. The zero-order chi connectivity index (χ0) is 22.4. The van der Waals surface area contributed by atoms with Crippen molar-refractivity contribution in [2.24, 2.45) is 17.8 Å². The van der Waals surface area contributed by atoms with Crippen molar-refractivity contribution in [2.45, 2.75) is 43.7 Å². The molecular formula is C27H32N2O4. The third-order valence-electron chi connectivity index (χ3n) is 8.23. The molecule has 0 aromatic heterocycles. The fourth-order valence-corrected chi connectivity index (χ4v) is 6.24. The van der Waals surface area contributed by atoms with Crippen LogP contribution in [-0.4, -0.2) is 48.4 Å². The highest BCUT2D eigenvalue weighted by atomic mass is 16.7. The number of likely N-dealkylation sites (tertiary alicyclic amines) is 1. The molecule has 4 atom stereocenters. The molecule has 0 spiro atoms. The van der Waals surface area contributed by atoms with E-state index >= 15 is 0 Å². The topological polar surface area (TPSA) is 71.0 Å². The van der Waals surface area contributed by atoms with Crippen molar-refractivity contribution in [1.29, 1.82) is 0 Å². The maximum absolute atomic E-state index is 13.4. The van der Waals surface area contributed by atoms with E-state index in [-0.39, 0.29) is 17.9 Å². The highest BCUT2D eigenvalue weighted by molar-refractivity contribution is 5.87. The Bertz CT molecular complexity index is 1010. The summed E-state index contributed by atoms with van der Waals surface area (Å²) in [5, 5.41) is 14.9. The SMILES string of the molecule is O=C(NC1[C@H]2CN(CCc3ccc4c(c3)OCO4)C[C@@H]12)[C@](O)(c1ccccc1)C1CCCC1. The van der Waals surface area contributed by atoms with Gasteiger partial charge in [-0.05, 0) is 54.4 Å². The molecule has 174 valence electrons. The quantitative estimate of drug-likeness (QED) is 0.681. The predicted octanol–water partition coefficient (Wildman–Crippen LogP) is 3.08. The van der Waals surface area contributed by atoms with Crippen molar-refractivity contribution < 1.29 is 19.4 Å². The summed E-state index contributed by atoms with van der Waals surface area (Å²) in [6.45, 7) is 3.32. The number of fused-ring (bicyclic) bond motifs is 2. The summed E-state index contributed by atoms with van der Waals surface area (Å²) in [7, 11) is 0. The zero-order valence-electron chi connectivity index (χ0n) is 18.9. The molecule has 2 aromatic carbocycles. The Morgan fingerprint density at radius 3 is 2.52 bits per heavy atom. The van der Waals surface area contributed by atoms with Gasteiger partial charge in [0, 0.05) is 31.6 Å². The Kier molecular flexibility index (Phi) is 5.30. The fourth-order valence-electron chi connectivity index (χ4n) is 6.24. The standard InChI is InChI=1S/C27H32N2O4/c30-26(27(31,20-8-4-5-9-20)19-6-2-1-3-7-19)28-25-21-15-29(16-22(21)25)13-12-18-10-11-23-24(14-18)33-17-32-23/h1-3,6-7,10-11,14,20-22,25,31H,4-5,8-9,12-13,15-17H2,(H,28,30)/t21-,22+,25?,27-/m0/s1. The average Bonchev–Trinajstić information content (AvgIpc) is 3.40. The first-order chi connectivity index (χ1) is 16.1. The van der Waals surface area contributed by atoms with Gasteiger partial charge in [0.1, 0.15) is 0 Å². The van der Waals surface area contributed by atoms with Crippen LogP contribution in [0.3, 0.4) is 0 Å². The maximum atomic E-state index is 13.4. The van der Waals surface area contributed by atoms with E-state index in [1.165, 1.54) is 5.56 Å². The molecule has 6 rings (SSSR count). The first-order valence-corrected chi connectivity index (χ1v) is 12.3. The van der Waals surface area contributed by atoms with E-state index in [4.69, 9.17) is 9.47 Å². The molecule has 2 aliphatic heterocycles. The third-order valence-corrected chi connectivity index (χ3v) is 8.23. The Morgan fingerprint density at radius 2 is 1.76 bits per heavy atom. The van der Waals surface area contributed by atoms with Crippen LogP contribution in [0.15, 0.2) is 48.5 Å². The summed E-state index contributed by atoms with van der Waals surface area (Å²) in [6, 6.07) is 15.9. The van der Waals surface area contributed by atoms with E-state index in [1.54, 1.807) is 0 Å². The van der Waals surface area contributed by atoms with Crippen LogP contribution in [0.5, 0.6) is 11.5 Å². The molecule has 1 saturated heterocycles. The number of benzene rings is 2. The largest absolute Gasteiger partial charge is 0.454 e. The van der Waals surface area contributed by atoms with Gasteiger partial charge in [0.2, 0.25) is 6.79 Å². The number of aliphatic hydroxyl groups is 1. The molecule has 1 unspecified atom stereocenters. The van der Waals surface area contributed by atoms with Gasteiger partial charge in [-0.25, -0.2) is 0 Å². The van der Waals surface area contributed by atoms with E-state index in [0.29, 0.717) is 18.6 Å². The fraction of sp³-hybridized carbons (Fsp3) is 0.519. The number of carbonyl (C=O) groups excluding carboxylic acids is 1. The minimum absolute atomic E-state index is 0.00307. The van der Waals surface area contributed by atoms with Crippen molar-refractivity contribution in [3.63, 3.8) is 0 Å². The van der Waals surface area contributed by atoms with Crippen LogP contribution < -0.4 is 14.8 Å². The normalized spacial score (nSPS) is 27.8. The second-order valence-electron chi connectivity index (χ2n) is 10.1. The zero-order valence-corrected chi connectivity index (χ0v) is 18.9. The number of nitrogens with zero attached hydrogens (tertiary/aromatic N) is 1. The molecule has 3 fully saturated rings. The molecule has 6 heteroatoms. The smallest absolute Gasteiger partial charge is 0.257 e. The second-order valence-corrected chi connectivity index (χ2v) is 10.1. The number of ether oxygens (including phenoxy) is 2. The Hall–Kier alpha value is -2.57. The van der Waals surface area contributed by atoms with Crippen LogP contribution in [-0.2, 0) is 16.8 Å². The first-order valence-electron chi connectivity index (χ1n) is 12.3. The van der Waals surface area contributed by atoms with E-state index < -0.39 is 5.60 Å². The number of nitrogens with one attached hydrogen (secondary N) is 1. The molecule has 0 bridgehead atoms. The van der Waals surface area contributed by atoms with Crippen molar-refractivity contribution in [2.75, 3.05) is 26.4 Å². The maximum Gasteiger partial charge on any atom is 0.257 e. The van der Waals surface area contributed by atoms with Crippen LogP contribution in [0.4, 0.5) is 0 Å². The molecule has 2 aromatic rings. The highest BCUT2D eigenvalue weighted by Gasteiger charge is 2.58. The summed E-state index contributed by atoms with van der Waals surface area (Å²) in [4.78, 5) is 15.9. The Balaban J connectivity index is 1.05. The van der Waals surface area contributed by atoms with Crippen LogP contribution >= 0.6 is 0 Å². The van der Waals surface area contributed by atoms with E-state index in [2.05, 4.69) is 22.3 Å². The van der Waals surface area contributed by atoms with Crippen molar-refractivity contribution >= 4 is 5.91 Å². The first kappa shape index (κ1) is 21.0. The predicted molar refractivity (Wildman–Crippen MR) is 124 cm³/mol. The average molecular weight is 449 g/mol. The molecule has 2 N–H and O–H groups in total. The minimum atomic E-state index is -1.42. The van der Waals surface area contributed by atoms with Crippen LogP contribution in [0, 0.1) is 17.8 Å². The monoisotopic (exact) mass is 448 g/mol. The van der Waals surface area contributed by atoms with E-state index in [1.807, 2.05) is 36.4 Å². The molecular weight excluding hydrogens is 416 g/mol. The number of amides is 1. The number of carbonyl (C=O) groups is 1. The number of hydrogen-bond acceptors (Lipinski definition) is 5. The molecule has 33 heavy (non-hydrogen) atoms. The summed E-state index contributed by atoms with van der Waals surface area (Å²) >= 11 is 0. The van der Waals surface area contributed by atoms with E-state index in [0.717, 1.165) is 68.8 Å². The summed E-state index contributed by atoms with van der Waals surface area (Å²) in [5.41, 5.74) is 0.563.